The maximum absolute atomic E-state index is 15.1. The SMILES string of the molecule is CCCCCCCCCC(=O)N[C@@H](CC(C)C)C(=O)N[C@H](CCC(=O)O)C(=O)N[C@H](CCC(N)=O)C(=O)N[C@@H](C(=O)N[C@H](CC(C)C)C(=O)N[C@@H](CCC(N)=O)C(=O)N[C@@H]1COC(=O)[C@@H]([C@@H](C)CC)NC(=O)[C@@H](CCC(N)=O)NC(=O)[C@H](CC(C)C)NC(=O)[C@H](CC(C)C)NC(=O)[C@@H](CCC(N)=O)NC(=O)[C@@H](CC(C)C)NC(=O)[C@@H](C(C)C)NC1=O)C(C)C. The van der Waals surface area contributed by atoms with Crippen molar-refractivity contribution in [1.29, 1.82) is 0 Å². The molecule has 1 saturated heterocycles. The minimum atomic E-state index is -2.10. The molecule has 1 heterocycles. The number of carboxylic acids is 1. The van der Waals surface area contributed by atoms with Crippen LogP contribution in [0.2, 0.25) is 0 Å². The highest BCUT2D eigenvalue weighted by Gasteiger charge is 2.41. The van der Waals surface area contributed by atoms with Crippen LogP contribution >= 0.6 is 0 Å². The van der Waals surface area contributed by atoms with Crippen molar-refractivity contribution in [3.63, 3.8) is 0 Å². The average molecular weight is 1760 g/mol. The van der Waals surface area contributed by atoms with Gasteiger partial charge in [-0.2, -0.15) is 0 Å². The van der Waals surface area contributed by atoms with Crippen molar-refractivity contribution in [2.24, 2.45) is 70.3 Å². The van der Waals surface area contributed by atoms with Crippen LogP contribution in [0.15, 0.2) is 0 Å². The van der Waals surface area contributed by atoms with Crippen LogP contribution in [0, 0.1) is 47.3 Å². The first kappa shape index (κ1) is 111. The second-order valence-electron chi connectivity index (χ2n) is 35.2. The van der Waals surface area contributed by atoms with E-state index in [9.17, 15) is 91.4 Å². The number of rotatable bonds is 50. The molecule has 0 unspecified atom stereocenters. The Bertz CT molecular complexity index is 3590. The first-order chi connectivity index (χ1) is 57.9. The normalized spacial score (nSPS) is 20.4. The Labute approximate surface area is 728 Å². The fourth-order valence-corrected chi connectivity index (χ4v) is 13.4. The number of carboxylic acid groups (broad SMARTS) is 1. The number of esters is 1. The third-order valence-electron chi connectivity index (χ3n) is 20.5. The highest BCUT2D eigenvalue weighted by molar-refractivity contribution is 6.01. The molecule has 0 bridgehead atoms. The van der Waals surface area contributed by atoms with Crippen molar-refractivity contribution >= 4 is 118 Å². The fourth-order valence-electron chi connectivity index (χ4n) is 13.4. The van der Waals surface area contributed by atoms with Gasteiger partial charge in [0.1, 0.15) is 91.2 Å². The lowest BCUT2D eigenvalue weighted by atomic mass is 9.97. The lowest BCUT2D eigenvalue weighted by Gasteiger charge is -2.30. The number of nitrogens with one attached hydrogen (secondary N) is 14. The molecule has 40 heteroatoms. The Hall–Kier alpha value is -10.6. The molecule has 0 spiro atoms. The number of hydrogen-bond donors (Lipinski definition) is 19. The second-order valence-corrected chi connectivity index (χ2v) is 35.2. The third kappa shape index (κ3) is 44.6. The van der Waals surface area contributed by atoms with Crippen LogP contribution in [0.3, 0.4) is 0 Å². The summed E-state index contributed by atoms with van der Waals surface area (Å²) in [5.41, 5.74) is 22.2. The number of ether oxygens (including phenoxy) is 1. The van der Waals surface area contributed by atoms with E-state index in [-0.39, 0.29) is 68.6 Å². The van der Waals surface area contributed by atoms with E-state index >= 15 is 9.59 Å². The van der Waals surface area contributed by atoms with E-state index in [1.165, 1.54) is 34.6 Å². The van der Waals surface area contributed by atoms with Gasteiger partial charge in [0.2, 0.25) is 106 Å². The summed E-state index contributed by atoms with van der Waals surface area (Å²) in [5, 5.41) is 45.7. The van der Waals surface area contributed by atoms with Gasteiger partial charge >= 0.3 is 11.9 Å². The fraction of sp³-hybridized carbons (Fsp3) is 0.762. The molecule has 704 valence electrons. The summed E-state index contributed by atoms with van der Waals surface area (Å²) in [6.07, 6.45) is 1.18. The summed E-state index contributed by atoms with van der Waals surface area (Å²) in [6, 6.07) is -22.6. The lowest BCUT2D eigenvalue weighted by Crippen LogP contribution is -2.62. The Morgan fingerprint density at radius 3 is 1.13 bits per heavy atom. The van der Waals surface area contributed by atoms with Crippen molar-refractivity contribution in [2.45, 2.75) is 356 Å². The van der Waals surface area contributed by atoms with Gasteiger partial charge in [0.15, 0.2) is 0 Å². The van der Waals surface area contributed by atoms with Crippen molar-refractivity contribution in [3.05, 3.63) is 0 Å². The number of hydrogen-bond acceptors (Lipinski definition) is 21. The average Bonchev–Trinajstić information content (AvgIpc) is 0.983. The second kappa shape index (κ2) is 57.8. The molecule has 23 N–H and O–H groups in total. The smallest absolute Gasteiger partial charge is 0.329 e. The molecular weight excluding hydrogens is 1610 g/mol. The predicted octanol–water partition coefficient (Wildman–Crippen LogP) is -0.0135. The van der Waals surface area contributed by atoms with Gasteiger partial charge in [-0.15, -0.1) is 0 Å². The molecular formula is C84H146N18O22. The van der Waals surface area contributed by atoms with E-state index in [2.05, 4.69) is 81.4 Å². The van der Waals surface area contributed by atoms with E-state index in [1.807, 2.05) is 0 Å². The maximum atomic E-state index is 15.1. The van der Waals surface area contributed by atoms with E-state index in [0.717, 1.165) is 38.5 Å². The first-order valence-electron chi connectivity index (χ1n) is 43.7. The van der Waals surface area contributed by atoms with Gasteiger partial charge in [0.25, 0.3) is 0 Å². The van der Waals surface area contributed by atoms with E-state index in [0.29, 0.717) is 6.42 Å². The molecule has 0 aromatic heterocycles. The number of primary amides is 4. The first-order valence-corrected chi connectivity index (χ1v) is 43.7. The standard InChI is InChI=1S/C84H146N18O22/c1-18-20-21-22-23-24-25-26-66(107)89-56(37-43(3)4)76(115)94-55(31-36-67(108)109)71(110)90-53(29-34-64(87)105)74(113)100-68(48(13)14)82(121)97-60(41-47(11)12)79(118)92-52(28-33-63(86)104)73(112)99-61-42-124-84(123)70(50(17)19-2)102-75(114)54(30-35-65(88)106)93-77(116)57(38-44(5)6)96-80(119)58(39-45(7)8)95-72(111)51(27-32-62(85)103)91-78(117)59(40-46(9)10)98-83(122)69(49(15)16)101-81(61)120/h43-61,68-70H,18-42H2,1-17H3,(H2,85,103)(H2,86,104)(H2,87,105)(H2,88,106)(H,89,107)(H,90,110)(H,91,117)(H,92,118)(H,93,116)(H,94,115)(H,95,111)(H,96,119)(H,97,121)(H,98,122)(H,99,112)(H,100,113)(H,101,120)(H,102,114)(H,108,109)/t50-,51+,52-,53+,54+,55+,56-,57-,58-,59+,60+,61+,68+,69+,70+/m0/s1. The van der Waals surface area contributed by atoms with Crippen molar-refractivity contribution in [2.75, 3.05) is 6.61 Å². The molecule has 15 atom stereocenters. The molecule has 1 rings (SSSR count). The Morgan fingerprint density at radius 1 is 0.379 bits per heavy atom. The van der Waals surface area contributed by atoms with Gasteiger partial charge in [-0.1, -0.05) is 163 Å². The zero-order chi connectivity index (χ0) is 94.5. The number of aliphatic carboxylic acids is 1. The number of amides is 18. The number of carbonyl (C=O) groups excluding carboxylic acids is 19. The van der Waals surface area contributed by atoms with Gasteiger partial charge in [-0.3, -0.25) is 91.1 Å². The highest BCUT2D eigenvalue weighted by atomic mass is 16.5. The minimum absolute atomic E-state index is 0.0444. The molecule has 1 aliphatic heterocycles. The molecule has 1 aliphatic rings. The molecule has 124 heavy (non-hydrogen) atoms. The predicted molar refractivity (Wildman–Crippen MR) is 458 cm³/mol. The zero-order valence-electron chi connectivity index (χ0n) is 75.7. The van der Waals surface area contributed by atoms with E-state index in [4.69, 9.17) is 27.7 Å². The summed E-state index contributed by atoms with van der Waals surface area (Å²) in [7, 11) is 0. The van der Waals surface area contributed by atoms with Crippen LogP contribution in [0.4, 0.5) is 0 Å². The van der Waals surface area contributed by atoms with Gasteiger partial charge in [-0.25, -0.2) is 4.79 Å². The number of cyclic esters (lactones) is 1. The minimum Gasteiger partial charge on any atom is -0.481 e. The number of unbranched alkanes of at least 4 members (excludes halogenated alkanes) is 6. The third-order valence-corrected chi connectivity index (χ3v) is 20.5. The quantitative estimate of drug-likeness (QED) is 0.0281. The summed E-state index contributed by atoms with van der Waals surface area (Å²) >= 11 is 0. The van der Waals surface area contributed by atoms with Crippen LogP contribution < -0.4 is 97.4 Å². The highest BCUT2D eigenvalue weighted by Crippen LogP contribution is 2.19. The summed E-state index contributed by atoms with van der Waals surface area (Å²) in [6.45, 7) is 27.4. The largest absolute Gasteiger partial charge is 0.481 e. The van der Waals surface area contributed by atoms with Gasteiger partial charge in [-0.05, 0) is 118 Å². The molecule has 0 saturated carbocycles. The number of carbonyl (C=O) groups is 20. The topological polar surface area (TPSA) is 643 Å². The molecule has 40 nitrogen and oxygen atoms in total. The molecule has 0 aromatic rings. The van der Waals surface area contributed by atoms with Crippen molar-refractivity contribution in [3.8, 4) is 0 Å². The molecule has 18 amide bonds. The summed E-state index contributed by atoms with van der Waals surface area (Å²) < 4.78 is 5.80. The van der Waals surface area contributed by atoms with Gasteiger partial charge < -0.3 is 107 Å². The zero-order valence-corrected chi connectivity index (χ0v) is 75.7. The summed E-state index contributed by atoms with van der Waals surface area (Å²) in [4.78, 5) is 280. The van der Waals surface area contributed by atoms with Crippen LogP contribution in [0.25, 0.3) is 0 Å². The summed E-state index contributed by atoms with van der Waals surface area (Å²) in [5.74, 6) is -24.5. The van der Waals surface area contributed by atoms with E-state index in [1.54, 1.807) is 76.2 Å². The van der Waals surface area contributed by atoms with Crippen LogP contribution in [-0.2, 0) is 101 Å². The Balaban J connectivity index is 4.23. The van der Waals surface area contributed by atoms with Gasteiger partial charge in [0, 0.05) is 38.5 Å². The van der Waals surface area contributed by atoms with E-state index < -0.39 is 297 Å². The molecule has 0 radical (unpaired) electrons. The Morgan fingerprint density at radius 2 is 0.734 bits per heavy atom. The maximum Gasteiger partial charge on any atom is 0.329 e. The van der Waals surface area contributed by atoms with Crippen molar-refractivity contribution < 1.29 is 106 Å². The number of nitrogens with two attached hydrogens (primary N) is 4. The molecule has 1 fully saturated rings. The van der Waals surface area contributed by atoms with Crippen LogP contribution in [0.5, 0.6) is 0 Å². The monoisotopic (exact) mass is 1760 g/mol. The van der Waals surface area contributed by atoms with Gasteiger partial charge in [0.05, 0.1) is 0 Å². The Kier molecular flexibility index (Phi) is 51.9. The lowest BCUT2D eigenvalue weighted by molar-refractivity contribution is -0.152. The van der Waals surface area contributed by atoms with Crippen LogP contribution in [0.1, 0.15) is 272 Å². The van der Waals surface area contributed by atoms with Crippen molar-refractivity contribution in [1.82, 2.24) is 74.4 Å². The molecule has 0 aromatic carbocycles. The molecule has 0 aliphatic carbocycles. The van der Waals surface area contributed by atoms with Crippen LogP contribution in [-0.4, -0.2) is 215 Å².